The zero-order valence-corrected chi connectivity index (χ0v) is 21.8. The molecule has 0 radical (unpaired) electrons. The average molecular weight is 560 g/mol. The Hall–Kier alpha value is -4.19. The van der Waals surface area contributed by atoms with E-state index < -0.39 is 31.1 Å². The number of aliphatic imine (C=N–C) groups is 1. The van der Waals surface area contributed by atoms with Gasteiger partial charge in [0.15, 0.2) is 17.4 Å². The molecule has 1 atom stereocenters. The largest absolute Gasteiger partial charge is 0.493 e. The van der Waals surface area contributed by atoms with Crippen molar-refractivity contribution < 1.29 is 32.2 Å². The number of aromatic amines is 1. The number of carbonyl (C=O) groups is 1. The van der Waals surface area contributed by atoms with Crippen molar-refractivity contribution in [3.63, 3.8) is 0 Å². The van der Waals surface area contributed by atoms with Crippen LogP contribution in [-0.2, 0) is 0 Å². The minimum absolute atomic E-state index is 0.0345. The Labute approximate surface area is 228 Å². The van der Waals surface area contributed by atoms with Crippen LogP contribution < -0.4 is 15.8 Å². The number of ether oxygens (including phenoxy) is 1. The van der Waals surface area contributed by atoms with Gasteiger partial charge in [0.2, 0.25) is 0 Å². The predicted octanol–water partition coefficient (Wildman–Crippen LogP) is 4.74. The van der Waals surface area contributed by atoms with Gasteiger partial charge >= 0.3 is 6.18 Å². The molecule has 4 rings (SSSR count). The maximum absolute atomic E-state index is 14.1. The fourth-order valence-corrected chi connectivity index (χ4v) is 4.04. The molecule has 1 aromatic heterocycles. The van der Waals surface area contributed by atoms with Crippen LogP contribution in [0.4, 0.5) is 17.6 Å². The van der Waals surface area contributed by atoms with Gasteiger partial charge in [-0.25, -0.2) is 9.37 Å². The van der Waals surface area contributed by atoms with Gasteiger partial charge in [-0.15, -0.1) is 0 Å². The molecule has 212 valence electrons. The van der Waals surface area contributed by atoms with Gasteiger partial charge in [0, 0.05) is 29.4 Å². The summed E-state index contributed by atoms with van der Waals surface area (Å²) < 4.78 is 57.6. The highest BCUT2D eigenvalue weighted by atomic mass is 19.4. The van der Waals surface area contributed by atoms with Crippen molar-refractivity contribution in [1.29, 1.82) is 0 Å². The standard InChI is InChI=1S/C28H29F4N5O3/c1-15-12-16(6-9-18(15)27(39)36-17-7-8-17)23-14-35-26(37-23)22(34-11-10-28(30,31)32)13-21(33)24(38)19-4-3-5-20(29)25(19)40-2/h3-6,9,12-14,17,24,38H,7-8,10-11,33H2,1-2H3,(H,35,37)(H,36,39). The third-order valence-electron chi connectivity index (χ3n) is 6.31. The number of nitrogens with zero attached hydrogens (tertiary/aromatic N) is 2. The van der Waals surface area contributed by atoms with Crippen molar-refractivity contribution in [2.24, 2.45) is 10.7 Å². The number of para-hydroxylation sites is 1. The Kier molecular flexibility index (Phi) is 8.58. The number of aliphatic hydroxyl groups is 1. The maximum Gasteiger partial charge on any atom is 0.390 e. The van der Waals surface area contributed by atoms with E-state index in [0.29, 0.717) is 16.8 Å². The number of imidazole rings is 1. The van der Waals surface area contributed by atoms with Gasteiger partial charge in [-0.1, -0.05) is 18.2 Å². The Morgan fingerprint density at radius 3 is 2.73 bits per heavy atom. The monoisotopic (exact) mass is 559 g/mol. The molecule has 5 N–H and O–H groups in total. The van der Waals surface area contributed by atoms with Crippen molar-refractivity contribution in [1.82, 2.24) is 15.3 Å². The second kappa shape index (κ2) is 11.9. The molecule has 1 saturated carbocycles. The number of allylic oxidation sites excluding steroid dienone is 1. The van der Waals surface area contributed by atoms with Crippen molar-refractivity contribution in [2.75, 3.05) is 13.7 Å². The second-order valence-electron chi connectivity index (χ2n) is 9.46. The minimum Gasteiger partial charge on any atom is -0.493 e. The van der Waals surface area contributed by atoms with Gasteiger partial charge in [-0.3, -0.25) is 9.79 Å². The number of aliphatic hydroxyl groups excluding tert-OH is 1. The van der Waals surface area contributed by atoms with Gasteiger partial charge in [0.1, 0.15) is 11.8 Å². The summed E-state index contributed by atoms with van der Waals surface area (Å²) in [5.41, 5.74) is 8.37. The molecule has 1 aliphatic rings. The highest BCUT2D eigenvalue weighted by Gasteiger charge is 2.27. The lowest BCUT2D eigenvalue weighted by Crippen LogP contribution is -2.26. The van der Waals surface area contributed by atoms with Crippen LogP contribution >= 0.6 is 0 Å². The van der Waals surface area contributed by atoms with E-state index in [-0.39, 0.29) is 40.5 Å². The van der Waals surface area contributed by atoms with Crippen LogP contribution in [0.1, 0.15) is 52.7 Å². The second-order valence-corrected chi connectivity index (χ2v) is 9.46. The summed E-state index contributed by atoms with van der Waals surface area (Å²) in [5.74, 6) is -0.975. The number of carbonyl (C=O) groups excluding carboxylic acids is 1. The Morgan fingerprint density at radius 2 is 2.08 bits per heavy atom. The van der Waals surface area contributed by atoms with Gasteiger partial charge in [-0.2, -0.15) is 13.2 Å². The number of aryl methyl sites for hydroxylation is 1. The summed E-state index contributed by atoms with van der Waals surface area (Å²) in [6.07, 6.45) is -2.55. The molecule has 1 amide bonds. The van der Waals surface area contributed by atoms with Crippen molar-refractivity contribution in [3.05, 3.63) is 82.7 Å². The molecule has 3 aromatic rings. The minimum atomic E-state index is -4.43. The number of methoxy groups -OCH3 is 1. The molecule has 8 nitrogen and oxygen atoms in total. The summed E-state index contributed by atoms with van der Waals surface area (Å²) in [7, 11) is 1.23. The normalized spacial score (nSPS) is 15.2. The predicted molar refractivity (Wildman–Crippen MR) is 142 cm³/mol. The molecule has 0 saturated heterocycles. The van der Waals surface area contributed by atoms with Crippen molar-refractivity contribution in [3.8, 4) is 17.0 Å². The SMILES string of the molecule is COc1c(F)cccc1C(O)C(N)=CC(=NCCC(F)(F)F)c1ncc(-c2ccc(C(=O)NC3CC3)c(C)c2)[nH]1. The van der Waals surface area contributed by atoms with Gasteiger partial charge in [0.05, 0.1) is 25.4 Å². The molecule has 1 aliphatic carbocycles. The molecule has 0 aliphatic heterocycles. The Bertz CT molecular complexity index is 1440. The molecule has 0 spiro atoms. The summed E-state index contributed by atoms with van der Waals surface area (Å²) in [6.45, 7) is 1.19. The lowest BCUT2D eigenvalue weighted by atomic mass is 10.0. The number of amides is 1. The smallest absolute Gasteiger partial charge is 0.390 e. The topological polar surface area (TPSA) is 126 Å². The van der Waals surface area contributed by atoms with Crippen LogP contribution in [-0.4, -0.2) is 52.6 Å². The third-order valence-corrected chi connectivity index (χ3v) is 6.31. The van der Waals surface area contributed by atoms with Crippen LogP contribution in [0, 0.1) is 12.7 Å². The van der Waals surface area contributed by atoms with Crippen molar-refractivity contribution in [2.45, 2.75) is 44.5 Å². The maximum atomic E-state index is 14.1. The van der Waals surface area contributed by atoms with Crippen LogP contribution in [0.5, 0.6) is 5.75 Å². The number of halogens is 4. The molecular weight excluding hydrogens is 530 g/mol. The number of nitrogens with two attached hydrogens (primary N) is 1. The van der Waals surface area contributed by atoms with E-state index in [9.17, 15) is 27.5 Å². The first-order valence-electron chi connectivity index (χ1n) is 12.5. The van der Waals surface area contributed by atoms with Crippen LogP contribution in [0.15, 0.2) is 59.4 Å². The zero-order valence-electron chi connectivity index (χ0n) is 21.8. The highest BCUT2D eigenvalue weighted by Crippen LogP contribution is 2.31. The number of rotatable bonds is 10. The molecule has 2 aromatic carbocycles. The van der Waals surface area contributed by atoms with E-state index in [1.54, 1.807) is 25.1 Å². The van der Waals surface area contributed by atoms with E-state index in [4.69, 9.17) is 10.5 Å². The highest BCUT2D eigenvalue weighted by molar-refractivity contribution is 6.07. The number of alkyl halides is 3. The van der Waals surface area contributed by atoms with E-state index in [2.05, 4.69) is 20.3 Å². The first-order chi connectivity index (χ1) is 19.0. The lowest BCUT2D eigenvalue weighted by molar-refractivity contribution is -0.132. The summed E-state index contributed by atoms with van der Waals surface area (Å²) in [6, 6.07) is 9.37. The number of aromatic nitrogens is 2. The molecule has 0 bridgehead atoms. The summed E-state index contributed by atoms with van der Waals surface area (Å²) in [4.78, 5) is 23.8. The Balaban J connectivity index is 1.63. The van der Waals surface area contributed by atoms with Gasteiger partial charge in [0.25, 0.3) is 5.91 Å². The molecule has 1 heterocycles. The quantitative estimate of drug-likeness (QED) is 0.211. The van der Waals surface area contributed by atoms with Crippen LogP contribution in [0.2, 0.25) is 0 Å². The number of hydrogen-bond donors (Lipinski definition) is 4. The average Bonchev–Trinajstić information content (AvgIpc) is 3.57. The molecule has 1 unspecified atom stereocenters. The molecule has 40 heavy (non-hydrogen) atoms. The fraction of sp³-hybridized carbons (Fsp3) is 0.321. The number of H-pyrrole nitrogens is 1. The molecule has 12 heteroatoms. The zero-order chi connectivity index (χ0) is 29.0. The van der Waals surface area contributed by atoms with Crippen LogP contribution in [0.3, 0.4) is 0 Å². The van der Waals surface area contributed by atoms with E-state index >= 15 is 0 Å². The van der Waals surface area contributed by atoms with Crippen LogP contribution in [0.25, 0.3) is 11.3 Å². The van der Waals surface area contributed by atoms with E-state index in [0.717, 1.165) is 24.5 Å². The van der Waals surface area contributed by atoms with Gasteiger partial charge < -0.3 is 25.9 Å². The van der Waals surface area contributed by atoms with E-state index in [1.165, 1.54) is 31.5 Å². The first kappa shape index (κ1) is 28.8. The number of hydrogen-bond acceptors (Lipinski definition) is 6. The summed E-state index contributed by atoms with van der Waals surface area (Å²) >= 11 is 0. The van der Waals surface area contributed by atoms with Gasteiger partial charge in [-0.05, 0) is 55.2 Å². The van der Waals surface area contributed by atoms with E-state index in [1.807, 2.05) is 0 Å². The fourth-order valence-electron chi connectivity index (χ4n) is 4.04. The first-order valence-corrected chi connectivity index (χ1v) is 12.5. The number of benzene rings is 2. The molecular formula is C28H29F4N5O3. The third kappa shape index (κ3) is 7.06. The van der Waals surface area contributed by atoms with Crippen molar-refractivity contribution >= 4 is 11.6 Å². The Morgan fingerprint density at radius 1 is 1.32 bits per heavy atom. The molecule has 1 fully saturated rings. The number of nitrogens with one attached hydrogen (secondary N) is 2. The summed E-state index contributed by atoms with van der Waals surface area (Å²) in [5, 5.41) is 13.7. The lowest BCUT2D eigenvalue weighted by Gasteiger charge is -2.16.